The number of halogens is 2. The summed E-state index contributed by atoms with van der Waals surface area (Å²) in [6, 6.07) is 7.20. The number of hydrogen-bond acceptors (Lipinski definition) is 2. The number of carboxylic acids is 1. The normalized spacial score (nSPS) is 11.6. The molecular formula is C10H13Cl2NO2. The molecule has 0 radical (unpaired) electrons. The predicted octanol–water partition coefficient (Wildman–Crippen LogP) is 1.96. The predicted molar refractivity (Wildman–Crippen MR) is 62.6 cm³/mol. The third-order valence-corrected chi connectivity index (χ3v) is 2.43. The van der Waals surface area contributed by atoms with E-state index in [1.54, 1.807) is 6.07 Å². The fourth-order valence-electron chi connectivity index (χ4n) is 1.20. The van der Waals surface area contributed by atoms with Crippen molar-refractivity contribution in [3.63, 3.8) is 0 Å². The second kappa shape index (κ2) is 6.67. The van der Waals surface area contributed by atoms with Crippen LogP contribution in [0.15, 0.2) is 24.3 Å². The van der Waals surface area contributed by atoms with E-state index in [9.17, 15) is 4.79 Å². The van der Waals surface area contributed by atoms with E-state index in [0.717, 1.165) is 5.56 Å². The summed E-state index contributed by atoms with van der Waals surface area (Å²) in [5.41, 5.74) is 6.17. The highest BCUT2D eigenvalue weighted by Gasteiger charge is 2.16. The van der Waals surface area contributed by atoms with Crippen LogP contribution in [0.5, 0.6) is 0 Å². The molecule has 0 aromatic heterocycles. The molecule has 0 aliphatic rings. The highest BCUT2D eigenvalue weighted by atomic mass is 35.5. The van der Waals surface area contributed by atoms with Crippen LogP contribution in [0.4, 0.5) is 0 Å². The minimum Gasteiger partial charge on any atom is -0.481 e. The lowest BCUT2D eigenvalue weighted by atomic mass is 10.00. The molecule has 15 heavy (non-hydrogen) atoms. The summed E-state index contributed by atoms with van der Waals surface area (Å²) in [5, 5.41) is 9.39. The highest BCUT2D eigenvalue weighted by Crippen LogP contribution is 2.18. The average Bonchev–Trinajstić information content (AvgIpc) is 2.16. The van der Waals surface area contributed by atoms with Crippen molar-refractivity contribution in [2.45, 2.75) is 6.42 Å². The third kappa shape index (κ3) is 4.08. The number of nitrogens with two attached hydrogens (primary N) is 1. The van der Waals surface area contributed by atoms with Crippen LogP contribution >= 0.6 is 24.0 Å². The maximum absolute atomic E-state index is 10.7. The lowest BCUT2D eigenvalue weighted by molar-refractivity contribution is -0.141. The molecular weight excluding hydrogens is 237 g/mol. The minimum atomic E-state index is -0.882. The van der Waals surface area contributed by atoms with Crippen LogP contribution in [-0.4, -0.2) is 17.6 Å². The fourth-order valence-corrected chi connectivity index (χ4v) is 1.41. The molecule has 1 rings (SSSR count). The van der Waals surface area contributed by atoms with Crippen LogP contribution in [0.1, 0.15) is 5.56 Å². The molecule has 84 valence electrons. The lowest BCUT2D eigenvalue weighted by Crippen LogP contribution is -2.25. The maximum atomic E-state index is 10.7. The van der Waals surface area contributed by atoms with Gasteiger partial charge < -0.3 is 10.8 Å². The molecule has 0 saturated heterocycles. The van der Waals surface area contributed by atoms with Gasteiger partial charge in [0.25, 0.3) is 0 Å². The number of aliphatic carboxylic acids is 1. The van der Waals surface area contributed by atoms with Gasteiger partial charge in [-0.15, -0.1) is 12.4 Å². The Morgan fingerprint density at radius 2 is 2.07 bits per heavy atom. The number of carboxylic acid groups (broad SMARTS) is 1. The maximum Gasteiger partial charge on any atom is 0.308 e. The summed E-state index contributed by atoms with van der Waals surface area (Å²) < 4.78 is 0. The first-order chi connectivity index (χ1) is 6.65. The second-order valence-electron chi connectivity index (χ2n) is 3.07. The monoisotopic (exact) mass is 249 g/mol. The van der Waals surface area contributed by atoms with E-state index in [1.165, 1.54) is 0 Å². The number of carbonyl (C=O) groups is 1. The number of rotatable bonds is 4. The van der Waals surface area contributed by atoms with Gasteiger partial charge in [-0.05, 0) is 18.1 Å². The van der Waals surface area contributed by atoms with Crippen molar-refractivity contribution in [3.05, 3.63) is 34.9 Å². The van der Waals surface area contributed by atoms with Crippen molar-refractivity contribution >= 4 is 30.0 Å². The van der Waals surface area contributed by atoms with Crippen LogP contribution in [0.25, 0.3) is 0 Å². The van der Waals surface area contributed by atoms with Gasteiger partial charge in [0.1, 0.15) is 0 Å². The van der Waals surface area contributed by atoms with E-state index in [1.807, 2.05) is 18.2 Å². The van der Waals surface area contributed by atoms with E-state index < -0.39 is 11.9 Å². The van der Waals surface area contributed by atoms with E-state index in [4.69, 9.17) is 22.4 Å². The Balaban J connectivity index is 0.00000196. The molecule has 1 atom stereocenters. The van der Waals surface area contributed by atoms with Crippen LogP contribution in [-0.2, 0) is 11.2 Å². The van der Waals surface area contributed by atoms with Crippen molar-refractivity contribution < 1.29 is 9.90 Å². The van der Waals surface area contributed by atoms with Gasteiger partial charge in [-0.1, -0.05) is 29.8 Å². The SMILES string of the molecule is Cl.NC[C@H](Cc1ccccc1Cl)C(=O)O. The fraction of sp³-hybridized carbons (Fsp3) is 0.300. The van der Waals surface area contributed by atoms with E-state index in [-0.39, 0.29) is 19.0 Å². The minimum absolute atomic E-state index is 0. The first kappa shape index (κ1) is 14.2. The molecule has 0 heterocycles. The zero-order chi connectivity index (χ0) is 10.6. The Kier molecular flexibility index (Phi) is 6.32. The summed E-state index contributed by atoms with van der Waals surface area (Å²) in [6.07, 6.45) is 0.380. The molecule has 5 heteroatoms. The van der Waals surface area contributed by atoms with Gasteiger partial charge in [0, 0.05) is 11.6 Å². The summed E-state index contributed by atoms with van der Waals surface area (Å²) in [4.78, 5) is 10.7. The Labute approximate surface area is 99.6 Å². The van der Waals surface area contributed by atoms with Gasteiger partial charge in [0.05, 0.1) is 5.92 Å². The van der Waals surface area contributed by atoms with Crippen molar-refractivity contribution in [3.8, 4) is 0 Å². The van der Waals surface area contributed by atoms with Crippen molar-refractivity contribution in [2.75, 3.05) is 6.54 Å². The molecule has 3 nitrogen and oxygen atoms in total. The van der Waals surface area contributed by atoms with Crippen molar-refractivity contribution in [1.29, 1.82) is 0 Å². The molecule has 0 saturated carbocycles. The second-order valence-corrected chi connectivity index (χ2v) is 3.47. The molecule has 1 aromatic carbocycles. The van der Waals surface area contributed by atoms with Crippen molar-refractivity contribution in [1.82, 2.24) is 0 Å². The Morgan fingerprint density at radius 3 is 2.53 bits per heavy atom. The number of benzene rings is 1. The lowest BCUT2D eigenvalue weighted by Gasteiger charge is -2.10. The number of hydrogen-bond donors (Lipinski definition) is 2. The molecule has 1 aromatic rings. The molecule has 0 fully saturated rings. The van der Waals surface area contributed by atoms with Gasteiger partial charge in [0.2, 0.25) is 0 Å². The molecule has 0 aliphatic heterocycles. The largest absolute Gasteiger partial charge is 0.481 e. The zero-order valence-corrected chi connectivity index (χ0v) is 9.59. The van der Waals surface area contributed by atoms with E-state index in [2.05, 4.69) is 0 Å². The summed E-state index contributed by atoms with van der Waals surface area (Å²) in [7, 11) is 0. The summed E-state index contributed by atoms with van der Waals surface area (Å²) >= 11 is 5.90. The topological polar surface area (TPSA) is 63.3 Å². The average molecular weight is 250 g/mol. The van der Waals surface area contributed by atoms with E-state index in [0.29, 0.717) is 11.4 Å². The van der Waals surface area contributed by atoms with Gasteiger partial charge >= 0.3 is 5.97 Å². The Hall–Kier alpha value is -0.770. The van der Waals surface area contributed by atoms with Crippen molar-refractivity contribution in [2.24, 2.45) is 11.7 Å². The molecule has 0 amide bonds. The van der Waals surface area contributed by atoms with Gasteiger partial charge in [0.15, 0.2) is 0 Å². The van der Waals surface area contributed by atoms with Gasteiger partial charge in [-0.3, -0.25) is 4.79 Å². The Morgan fingerprint density at radius 1 is 1.47 bits per heavy atom. The quantitative estimate of drug-likeness (QED) is 0.858. The molecule has 0 bridgehead atoms. The first-order valence-corrected chi connectivity index (χ1v) is 4.69. The molecule has 0 unspecified atom stereocenters. The third-order valence-electron chi connectivity index (χ3n) is 2.06. The summed E-state index contributed by atoms with van der Waals surface area (Å²) in [5.74, 6) is -1.44. The van der Waals surface area contributed by atoms with E-state index >= 15 is 0 Å². The van der Waals surface area contributed by atoms with Gasteiger partial charge in [-0.25, -0.2) is 0 Å². The highest BCUT2D eigenvalue weighted by molar-refractivity contribution is 6.31. The molecule has 3 N–H and O–H groups in total. The molecule has 0 aliphatic carbocycles. The van der Waals surface area contributed by atoms with Crippen LogP contribution < -0.4 is 5.73 Å². The first-order valence-electron chi connectivity index (χ1n) is 4.31. The Bertz CT molecular complexity index is 331. The summed E-state index contributed by atoms with van der Waals surface area (Å²) in [6.45, 7) is 0.126. The molecule has 0 spiro atoms. The van der Waals surface area contributed by atoms with Crippen LogP contribution in [0.2, 0.25) is 5.02 Å². The van der Waals surface area contributed by atoms with Crippen LogP contribution in [0.3, 0.4) is 0 Å². The van der Waals surface area contributed by atoms with Gasteiger partial charge in [-0.2, -0.15) is 0 Å². The smallest absolute Gasteiger partial charge is 0.308 e. The zero-order valence-electron chi connectivity index (χ0n) is 8.02. The standard InChI is InChI=1S/C10H12ClNO2.ClH/c11-9-4-2-1-3-7(9)5-8(6-12)10(13)14;/h1-4,8H,5-6,12H2,(H,13,14);1H/t8-;/m0./s1. The van der Waals surface area contributed by atoms with Crippen LogP contribution in [0, 0.1) is 5.92 Å².